The van der Waals surface area contributed by atoms with Crippen molar-refractivity contribution in [3.63, 3.8) is 0 Å². The molecule has 0 aliphatic rings. The van der Waals surface area contributed by atoms with Gasteiger partial charge in [-0.25, -0.2) is 5.84 Å². The van der Waals surface area contributed by atoms with E-state index in [1.165, 1.54) is 0 Å². The van der Waals surface area contributed by atoms with Crippen molar-refractivity contribution in [2.45, 2.75) is 13.5 Å². The standard InChI is InChI=1S/C23H25N3O2/c1-17-9-7-14-22(26(2)24)21(17)16-28-20-13-8-12-19(15-20)23(25-27-3)18-10-5-4-6-11-18/h4-15H,16,24H2,1-3H3. The molecule has 0 spiro atoms. The van der Waals surface area contributed by atoms with E-state index in [0.29, 0.717) is 6.61 Å². The lowest BCUT2D eigenvalue weighted by molar-refractivity contribution is 0.214. The molecule has 3 aromatic rings. The molecule has 0 saturated heterocycles. The van der Waals surface area contributed by atoms with E-state index in [1.807, 2.05) is 73.8 Å². The minimum absolute atomic E-state index is 0.426. The highest BCUT2D eigenvalue weighted by Crippen LogP contribution is 2.24. The molecule has 0 radical (unpaired) electrons. The molecule has 5 nitrogen and oxygen atoms in total. The summed E-state index contributed by atoms with van der Waals surface area (Å²) in [5, 5.41) is 5.83. The van der Waals surface area contributed by atoms with Crippen molar-refractivity contribution in [1.29, 1.82) is 0 Å². The zero-order valence-corrected chi connectivity index (χ0v) is 16.4. The zero-order chi connectivity index (χ0) is 19.9. The number of nitrogens with two attached hydrogens (primary N) is 1. The molecule has 5 heteroatoms. The van der Waals surface area contributed by atoms with Crippen molar-refractivity contribution in [3.8, 4) is 5.75 Å². The highest BCUT2D eigenvalue weighted by Gasteiger charge is 2.11. The first-order valence-electron chi connectivity index (χ1n) is 9.07. The summed E-state index contributed by atoms with van der Waals surface area (Å²) in [5.41, 5.74) is 5.80. The predicted octanol–water partition coefficient (Wildman–Crippen LogP) is 4.28. The van der Waals surface area contributed by atoms with Gasteiger partial charge < -0.3 is 14.6 Å². The van der Waals surface area contributed by atoms with Crippen LogP contribution in [0.1, 0.15) is 22.3 Å². The fourth-order valence-electron chi connectivity index (χ4n) is 3.05. The molecule has 0 aromatic heterocycles. The van der Waals surface area contributed by atoms with E-state index in [0.717, 1.165) is 39.4 Å². The van der Waals surface area contributed by atoms with Gasteiger partial charge in [0.25, 0.3) is 0 Å². The monoisotopic (exact) mass is 375 g/mol. The molecular formula is C23H25N3O2. The number of benzene rings is 3. The van der Waals surface area contributed by atoms with E-state index < -0.39 is 0 Å². The van der Waals surface area contributed by atoms with Crippen LogP contribution in [-0.2, 0) is 11.4 Å². The summed E-state index contributed by atoms with van der Waals surface area (Å²) in [6.45, 7) is 2.48. The third-order valence-corrected chi connectivity index (χ3v) is 4.49. The van der Waals surface area contributed by atoms with Gasteiger partial charge in [0.1, 0.15) is 25.2 Å². The molecule has 3 rings (SSSR count). The molecule has 0 fully saturated rings. The Morgan fingerprint density at radius 3 is 2.39 bits per heavy atom. The third-order valence-electron chi connectivity index (χ3n) is 4.49. The van der Waals surface area contributed by atoms with Gasteiger partial charge >= 0.3 is 0 Å². The minimum Gasteiger partial charge on any atom is -0.489 e. The van der Waals surface area contributed by atoms with Gasteiger partial charge in [0.2, 0.25) is 0 Å². The lowest BCUT2D eigenvalue weighted by Gasteiger charge is -2.19. The molecule has 3 aromatic carbocycles. The molecule has 2 N–H and O–H groups in total. The molecular weight excluding hydrogens is 350 g/mol. The number of rotatable bonds is 7. The maximum atomic E-state index is 6.09. The van der Waals surface area contributed by atoms with Gasteiger partial charge in [-0.3, -0.25) is 0 Å². The largest absolute Gasteiger partial charge is 0.489 e. The van der Waals surface area contributed by atoms with E-state index in [4.69, 9.17) is 15.4 Å². The van der Waals surface area contributed by atoms with Crippen molar-refractivity contribution >= 4 is 11.4 Å². The fourth-order valence-corrected chi connectivity index (χ4v) is 3.05. The minimum atomic E-state index is 0.426. The van der Waals surface area contributed by atoms with Crippen molar-refractivity contribution in [3.05, 3.63) is 95.1 Å². The smallest absolute Gasteiger partial charge is 0.120 e. The molecule has 0 aliphatic carbocycles. The van der Waals surface area contributed by atoms with Gasteiger partial charge in [0.15, 0.2) is 0 Å². The first-order valence-corrected chi connectivity index (χ1v) is 9.07. The normalized spacial score (nSPS) is 11.2. The van der Waals surface area contributed by atoms with Gasteiger partial charge in [-0.15, -0.1) is 0 Å². The second kappa shape index (κ2) is 9.06. The summed E-state index contributed by atoms with van der Waals surface area (Å²) in [6.07, 6.45) is 0. The van der Waals surface area contributed by atoms with Crippen molar-refractivity contribution < 1.29 is 9.57 Å². The van der Waals surface area contributed by atoms with Crippen LogP contribution in [-0.4, -0.2) is 19.9 Å². The van der Waals surface area contributed by atoms with Crippen LogP contribution in [0.3, 0.4) is 0 Å². The number of hydrogen-bond donors (Lipinski definition) is 1. The third kappa shape index (κ3) is 4.50. The number of hydrazine groups is 1. The Bertz CT molecular complexity index is 953. The number of nitrogens with zero attached hydrogens (tertiary/aromatic N) is 2. The van der Waals surface area contributed by atoms with Gasteiger partial charge in [-0.2, -0.15) is 0 Å². The van der Waals surface area contributed by atoms with Crippen LogP contribution in [0.25, 0.3) is 0 Å². The molecule has 0 aliphatic heterocycles. The number of hydrogen-bond acceptors (Lipinski definition) is 5. The second-order valence-electron chi connectivity index (χ2n) is 6.49. The Kier molecular flexibility index (Phi) is 6.29. The second-order valence-corrected chi connectivity index (χ2v) is 6.49. The first kappa shape index (κ1) is 19.5. The number of ether oxygens (including phenoxy) is 1. The van der Waals surface area contributed by atoms with Crippen LogP contribution >= 0.6 is 0 Å². The number of anilines is 1. The van der Waals surface area contributed by atoms with Crippen LogP contribution in [0.4, 0.5) is 5.69 Å². The maximum Gasteiger partial charge on any atom is 0.120 e. The molecule has 0 amide bonds. The molecule has 0 saturated carbocycles. The van der Waals surface area contributed by atoms with Gasteiger partial charge in [-0.05, 0) is 30.7 Å². The van der Waals surface area contributed by atoms with E-state index in [1.54, 1.807) is 12.1 Å². The first-order chi connectivity index (χ1) is 13.6. The Balaban J connectivity index is 1.86. The highest BCUT2D eigenvalue weighted by atomic mass is 16.6. The molecule has 0 heterocycles. The average Bonchev–Trinajstić information content (AvgIpc) is 2.71. The quantitative estimate of drug-likeness (QED) is 0.380. The fraction of sp³-hybridized carbons (Fsp3) is 0.174. The summed E-state index contributed by atoms with van der Waals surface area (Å²) in [6, 6.07) is 23.8. The van der Waals surface area contributed by atoms with Crippen molar-refractivity contribution in [2.75, 3.05) is 19.2 Å². The SMILES string of the molecule is CON=C(c1ccccc1)c1cccc(OCc2c(C)cccc2N(C)N)c1. The summed E-state index contributed by atoms with van der Waals surface area (Å²) >= 11 is 0. The molecule has 0 bridgehead atoms. The molecule has 0 atom stereocenters. The summed E-state index contributed by atoms with van der Waals surface area (Å²) in [7, 11) is 3.37. The van der Waals surface area contributed by atoms with Crippen molar-refractivity contribution in [2.24, 2.45) is 11.0 Å². The summed E-state index contributed by atoms with van der Waals surface area (Å²) < 4.78 is 6.09. The average molecular weight is 375 g/mol. The Hall–Kier alpha value is -3.31. The van der Waals surface area contributed by atoms with Crippen molar-refractivity contribution in [1.82, 2.24) is 0 Å². The zero-order valence-electron chi connectivity index (χ0n) is 16.4. The predicted molar refractivity (Wildman–Crippen MR) is 114 cm³/mol. The number of oxime groups is 1. The number of aryl methyl sites for hydroxylation is 1. The van der Waals surface area contributed by atoms with Crippen LogP contribution in [0.2, 0.25) is 0 Å². The Morgan fingerprint density at radius 2 is 1.68 bits per heavy atom. The van der Waals surface area contributed by atoms with Gasteiger partial charge in [-0.1, -0.05) is 59.8 Å². The molecule has 144 valence electrons. The van der Waals surface area contributed by atoms with Crippen LogP contribution in [0, 0.1) is 6.92 Å². The Labute approximate surface area is 166 Å². The Morgan fingerprint density at radius 1 is 0.964 bits per heavy atom. The van der Waals surface area contributed by atoms with E-state index in [9.17, 15) is 0 Å². The van der Waals surface area contributed by atoms with E-state index >= 15 is 0 Å². The van der Waals surface area contributed by atoms with Crippen LogP contribution in [0.15, 0.2) is 78.0 Å². The molecule has 0 unspecified atom stereocenters. The summed E-state index contributed by atoms with van der Waals surface area (Å²) in [5.74, 6) is 6.72. The molecule has 28 heavy (non-hydrogen) atoms. The van der Waals surface area contributed by atoms with Crippen LogP contribution < -0.4 is 15.6 Å². The van der Waals surface area contributed by atoms with Crippen LogP contribution in [0.5, 0.6) is 5.75 Å². The summed E-state index contributed by atoms with van der Waals surface area (Å²) in [4.78, 5) is 5.07. The lowest BCUT2D eigenvalue weighted by atomic mass is 10.0. The lowest BCUT2D eigenvalue weighted by Crippen LogP contribution is -2.26. The topological polar surface area (TPSA) is 60.1 Å². The highest BCUT2D eigenvalue weighted by molar-refractivity contribution is 6.12. The van der Waals surface area contributed by atoms with E-state index in [2.05, 4.69) is 18.1 Å². The van der Waals surface area contributed by atoms with Gasteiger partial charge in [0.05, 0.1) is 5.69 Å². The van der Waals surface area contributed by atoms with Gasteiger partial charge in [0, 0.05) is 23.7 Å². The maximum absolute atomic E-state index is 6.09. The van der Waals surface area contributed by atoms with E-state index in [-0.39, 0.29) is 0 Å².